The summed E-state index contributed by atoms with van der Waals surface area (Å²) in [6, 6.07) is 17.5. The molecule has 0 saturated carbocycles. The molecule has 2 N–H and O–H groups in total. The van der Waals surface area contributed by atoms with Crippen molar-refractivity contribution in [3.05, 3.63) is 99.6 Å². The fraction of sp³-hybridized carbons (Fsp3) is 0.192. The predicted molar refractivity (Wildman–Crippen MR) is 137 cm³/mol. The van der Waals surface area contributed by atoms with Gasteiger partial charge in [-0.2, -0.15) is 0 Å². The summed E-state index contributed by atoms with van der Waals surface area (Å²) in [6.45, 7) is 4.98. The zero-order chi connectivity index (χ0) is 23.4. The SMILES string of the molecule is COc1ccc(NC(=S)N(Cc2cccnc2)Cc2cc3cc(C)c(C)cc3[nH]c2=O)cc1. The molecule has 4 aromatic rings. The molecule has 0 bridgehead atoms. The maximum atomic E-state index is 12.9. The second kappa shape index (κ2) is 9.83. The minimum Gasteiger partial charge on any atom is -0.497 e. The summed E-state index contributed by atoms with van der Waals surface area (Å²) in [6.07, 6.45) is 3.54. The lowest BCUT2D eigenvalue weighted by Gasteiger charge is -2.26. The molecule has 0 fully saturated rings. The van der Waals surface area contributed by atoms with Gasteiger partial charge in [-0.25, -0.2) is 0 Å². The van der Waals surface area contributed by atoms with E-state index in [1.807, 2.05) is 60.4 Å². The van der Waals surface area contributed by atoms with E-state index >= 15 is 0 Å². The van der Waals surface area contributed by atoms with Gasteiger partial charge in [-0.05, 0) is 96.7 Å². The first-order valence-corrected chi connectivity index (χ1v) is 11.1. The molecule has 0 atom stereocenters. The number of nitrogens with one attached hydrogen (secondary N) is 2. The molecule has 0 aliphatic heterocycles. The Bertz CT molecular complexity index is 1330. The number of aromatic nitrogens is 2. The second-order valence-corrected chi connectivity index (χ2v) is 8.41. The number of pyridine rings is 2. The van der Waals surface area contributed by atoms with Crippen molar-refractivity contribution in [1.29, 1.82) is 0 Å². The van der Waals surface area contributed by atoms with Crippen LogP contribution in [0, 0.1) is 13.8 Å². The molecule has 0 radical (unpaired) electrons. The topological polar surface area (TPSA) is 70.2 Å². The molecular weight excluding hydrogens is 432 g/mol. The lowest BCUT2D eigenvalue weighted by atomic mass is 10.0. The maximum Gasteiger partial charge on any atom is 0.253 e. The van der Waals surface area contributed by atoms with Gasteiger partial charge in [-0.3, -0.25) is 9.78 Å². The highest BCUT2D eigenvalue weighted by molar-refractivity contribution is 7.80. The lowest BCUT2D eigenvalue weighted by Crippen LogP contribution is -2.35. The number of hydrogen-bond donors (Lipinski definition) is 2. The van der Waals surface area contributed by atoms with Crippen LogP contribution in [0.4, 0.5) is 5.69 Å². The Morgan fingerprint density at radius 2 is 1.85 bits per heavy atom. The van der Waals surface area contributed by atoms with Crippen molar-refractivity contribution in [2.24, 2.45) is 0 Å². The Morgan fingerprint density at radius 3 is 2.55 bits per heavy atom. The second-order valence-electron chi connectivity index (χ2n) is 8.02. The predicted octanol–water partition coefficient (Wildman–Crippen LogP) is 4.95. The number of hydrogen-bond acceptors (Lipinski definition) is 4. The number of fused-ring (bicyclic) bond motifs is 1. The summed E-state index contributed by atoms with van der Waals surface area (Å²) in [4.78, 5) is 22.1. The molecule has 2 aromatic heterocycles. The van der Waals surface area contributed by atoms with Crippen LogP contribution in [0.1, 0.15) is 22.3 Å². The quantitative estimate of drug-likeness (QED) is 0.399. The molecule has 4 rings (SSSR count). The van der Waals surface area contributed by atoms with Gasteiger partial charge in [0, 0.05) is 35.7 Å². The Balaban J connectivity index is 1.64. The van der Waals surface area contributed by atoms with Crippen LogP contribution in [0.25, 0.3) is 10.9 Å². The molecule has 0 saturated heterocycles. The van der Waals surface area contributed by atoms with E-state index < -0.39 is 0 Å². The number of thiocarbonyl (C=S) groups is 1. The van der Waals surface area contributed by atoms with Gasteiger partial charge in [-0.1, -0.05) is 6.07 Å². The molecule has 0 spiro atoms. The minimum atomic E-state index is -0.116. The number of H-pyrrole nitrogens is 1. The molecule has 7 heteroatoms. The maximum absolute atomic E-state index is 12.9. The van der Waals surface area contributed by atoms with Crippen molar-refractivity contribution >= 4 is 33.9 Å². The molecule has 0 unspecified atom stereocenters. The van der Waals surface area contributed by atoms with E-state index in [-0.39, 0.29) is 5.56 Å². The highest BCUT2D eigenvalue weighted by Crippen LogP contribution is 2.20. The number of anilines is 1. The summed E-state index contributed by atoms with van der Waals surface area (Å²) in [5, 5.41) is 4.80. The summed E-state index contributed by atoms with van der Waals surface area (Å²) in [5.41, 5.74) is 5.54. The third kappa shape index (κ3) is 5.38. The monoisotopic (exact) mass is 458 g/mol. The van der Waals surface area contributed by atoms with Crippen LogP contribution in [0.15, 0.2) is 71.8 Å². The van der Waals surface area contributed by atoms with Crippen molar-refractivity contribution in [3.63, 3.8) is 0 Å². The normalized spacial score (nSPS) is 10.8. The zero-order valence-corrected chi connectivity index (χ0v) is 19.7. The average Bonchev–Trinajstić information content (AvgIpc) is 2.81. The molecule has 0 aliphatic carbocycles. The number of aryl methyl sites for hydroxylation is 2. The number of rotatable bonds is 6. The Hall–Kier alpha value is -3.71. The van der Waals surface area contributed by atoms with Crippen LogP contribution in [-0.2, 0) is 13.1 Å². The van der Waals surface area contributed by atoms with E-state index in [1.165, 1.54) is 5.56 Å². The van der Waals surface area contributed by atoms with Crippen molar-refractivity contribution in [1.82, 2.24) is 14.9 Å². The number of benzene rings is 2. The standard InChI is InChI=1S/C26H26N4O2S/c1-17-11-20-13-21(25(31)29-24(20)12-18(17)2)16-30(15-19-5-4-10-27-14-19)26(33)28-22-6-8-23(32-3)9-7-22/h4-14H,15-16H2,1-3H3,(H,28,33)(H,29,31). The van der Waals surface area contributed by atoms with E-state index in [1.54, 1.807) is 19.5 Å². The van der Waals surface area contributed by atoms with Crippen molar-refractivity contribution in [2.45, 2.75) is 26.9 Å². The number of ether oxygens (including phenoxy) is 1. The Labute approximate surface area is 198 Å². The highest BCUT2D eigenvalue weighted by Gasteiger charge is 2.15. The smallest absolute Gasteiger partial charge is 0.253 e. The van der Waals surface area contributed by atoms with Gasteiger partial charge >= 0.3 is 0 Å². The van der Waals surface area contributed by atoms with Gasteiger partial charge < -0.3 is 19.9 Å². The third-order valence-electron chi connectivity index (χ3n) is 5.62. The van der Waals surface area contributed by atoms with Crippen LogP contribution in [-0.4, -0.2) is 27.1 Å². The van der Waals surface area contributed by atoms with Gasteiger partial charge in [0.15, 0.2) is 5.11 Å². The molecule has 168 valence electrons. The molecule has 0 aliphatic rings. The number of aromatic amines is 1. The van der Waals surface area contributed by atoms with E-state index in [9.17, 15) is 4.79 Å². The van der Waals surface area contributed by atoms with Gasteiger partial charge in [0.2, 0.25) is 0 Å². The average molecular weight is 459 g/mol. The Kier molecular flexibility index (Phi) is 6.70. The fourth-order valence-electron chi connectivity index (χ4n) is 3.63. The molecule has 2 heterocycles. The molecule has 33 heavy (non-hydrogen) atoms. The van der Waals surface area contributed by atoms with Gasteiger partial charge in [0.05, 0.1) is 13.7 Å². The summed E-state index contributed by atoms with van der Waals surface area (Å²) >= 11 is 5.74. The molecule has 0 amide bonds. The van der Waals surface area contributed by atoms with Crippen LogP contribution in [0.5, 0.6) is 5.75 Å². The van der Waals surface area contributed by atoms with E-state index in [0.29, 0.717) is 23.8 Å². The minimum absolute atomic E-state index is 0.116. The van der Waals surface area contributed by atoms with E-state index in [0.717, 1.165) is 33.5 Å². The van der Waals surface area contributed by atoms with Crippen molar-refractivity contribution in [2.75, 3.05) is 12.4 Å². The summed E-state index contributed by atoms with van der Waals surface area (Å²) < 4.78 is 5.23. The zero-order valence-electron chi connectivity index (χ0n) is 18.9. The first-order valence-electron chi connectivity index (χ1n) is 10.6. The van der Waals surface area contributed by atoms with Crippen molar-refractivity contribution in [3.8, 4) is 5.75 Å². The number of methoxy groups -OCH3 is 1. The first-order chi connectivity index (χ1) is 15.9. The summed E-state index contributed by atoms with van der Waals surface area (Å²) in [5.74, 6) is 0.770. The van der Waals surface area contributed by atoms with Gasteiger partial charge in [0.1, 0.15) is 5.75 Å². The van der Waals surface area contributed by atoms with Crippen molar-refractivity contribution < 1.29 is 4.74 Å². The summed E-state index contributed by atoms with van der Waals surface area (Å²) in [7, 11) is 1.63. The first kappa shape index (κ1) is 22.5. The van der Waals surface area contributed by atoms with Gasteiger partial charge in [0.25, 0.3) is 5.56 Å². The van der Waals surface area contributed by atoms with E-state index in [2.05, 4.69) is 28.3 Å². The number of nitrogens with zero attached hydrogens (tertiary/aromatic N) is 2. The highest BCUT2D eigenvalue weighted by atomic mass is 32.1. The third-order valence-corrected chi connectivity index (χ3v) is 5.98. The molecule has 6 nitrogen and oxygen atoms in total. The fourth-order valence-corrected chi connectivity index (χ4v) is 3.88. The largest absolute Gasteiger partial charge is 0.497 e. The van der Waals surface area contributed by atoms with E-state index in [4.69, 9.17) is 17.0 Å². The lowest BCUT2D eigenvalue weighted by molar-refractivity contribution is 0.410. The molecule has 2 aromatic carbocycles. The molecular formula is C26H26N4O2S. The van der Waals surface area contributed by atoms with Gasteiger partial charge in [-0.15, -0.1) is 0 Å². The van der Waals surface area contributed by atoms with Crippen LogP contribution >= 0.6 is 12.2 Å². The van der Waals surface area contributed by atoms with Crippen LogP contribution in [0.3, 0.4) is 0 Å². The van der Waals surface area contributed by atoms with Crippen LogP contribution < -0.4 is 15.6 Å². The van der Waals surface area contributed by atoms with Crippen LogP contribution in [0.2, 0.25) is 0 Å². The Morgan fingerprint density at radius 1 is 1.09 bits per heavy atom.